The van der Waals surface area contributed by atoms with E-state index in [0.717, 1.165) is 12.8 Å². The molecule has 0 unspecified atom stereocenters. The first-order valence-corrected chi connectivity index (χ1v) is 5.66. The maximum Gasteiger partial charge on any atom is -0.0311 e. The number of hydrogen-bond donors (Lipinski definition) is 0. The smallest absolute Gasteiger partial charge is 0.0311 e. The SMILES string of the molecule is C/C=C(\C=C/CC)CC.CC.CC. The summed E-state index contributed by atoms with van der Waals surface area (Å²) in [6.45, 7) is 14.4. The molecule has 0 fully saturated rings. The van der Waals surface area contributed by atoms with E-state index >= 15 is 0 Å². The van der Waals surface area contributed by atoms with Crippen LogP contribution in [0.5, 0.6) is 0 Å². The second kappa shape index (κ2) is 22.5. The van der Waals surface area contributed by atoms with Gasteiger partial charge < -0.3 is 0 Å². The van der Waals surface area contributed by atoms with Crippen molar-refractivity contribution < 1.29 is 0 Å². The Kier molecular flexibility index (Phi) is 31.7. The normalized spacial score (nSPS) is 9.92. The molecule has 0 radical (unpaired) electrons. The standard InChI is InChI=1S/C9H16.2C2H6/c1-4-7-8-9(5-2)6-3;2*1-2/h5,7-8H,4,6H2,1-3H3;2*1-2H3/b8-7-,9-5-;;. The summed E-state index contributed by atoms with van der Waals surface area (Å²) >= 11 is 0. The lowest BCUT2D eigenvalue weighted by Gasteiger charge is -1.91. The van der Waals surface area contributed by atoms with Gasteiger partial charge in [0.25, 0.3) is 0 Å². The van der Waals surface area contributed by atoms with Gasteiger partial charge in [0.05, 0.1) is 0 Å². The maximum atomic E-state index is 2.19. The van der Waals surface area contributed by atoms with Crippen LogP contribution < -0.4 is 0 Å². The molecule has 0 spiro atoms. The lowest BCUT2D eigenvalue weighted by Crippen LogP contribution is -1.70. The van der Waals surface area contributed by atoms with E-state index in [9.17, 15) is 0 Å². The molecule has 0 nitrogen and oxygen atoms in total. The summed E-state index contributed by atoms with van der Waals surface area (Å²) < 4.78 is 0. The van der Waals surface area contributed by atoms with Gasteiger partial charge in [-0.2, -0.15) is 0 Å². The second-order valence-electron chi connectivity index (χ2n) is 2.03. The van der Waals surface area contributed by atoms with Crippen LogP contribution in [0.1, 0.15) is 61.3 Å². The molecule has 0 saturated carbocycles. The van der Waals surface area contributed by atoms with Crippen molar-refractivity contribution in [3.8, 4) is 0 Å². The highest BCUT2D eigenvalue weighted by molar-refractivity contribution is 5.16. The summed E-state index contributed by atoms with van der Waals surface area (Å²) in [5, 5.41) is 0. The fraction of sp³-hybridized carbons (Fsp3) is 0.692. The topological polar surface area (TPSA) is 0 Å². The average molecular weight is 184 g/mol. The van der Waals surface area contributed by atoms with Crippen LogP contribution >= 0.6 is 0 Å². The summed E-state index contributed by atoms with van der Waals surface area (Å²) in [6.07, 6.45) is 8.83. The van der Waals surface area contributed by atoms with Crippen molar-refractivity contribution in [2.24, 2.45) is 0 Å². The number of allylic oxidation sites excluding steroid dienone is 4. The molecular weight excluding hydrogens is 156 g/mol. The third-order valence-corrected chi connectivity index (χ3v) is 1.35. The fourth-order valence-corrected chi connectivity index (χ4v) is 0.687. The van der Waals surface area contributed by atoms with Gasteiger partial charge in [0.1, 0.15) is 0 Å². The van der Waals surface area contributed by atoms with Crippen molar-refractivity contribution >= 4 is 0 Å². The molecule has 13 heavy (non-hydrogen) atoms. The van der Waals surface area contributed by atoms with Crippen LogP contribution in [0.25, 0.3) is 0 Å². The minimum Gasteiger partial charge on any atom is -0.0845 e. The van der Waals surface area contributed by atoms with Crippen molar-refractivity contribution in [1.29, 1.82) is 0 Å². The summed E-state index contributed by atoms with van der Waals surface area (Å²) in [5.74, 6) is 0. The fourth-order valence-electron chi connectivity index (χ4n) is 0.687. The van der Waals surface area contributed by atoms with Crippen molar-refractivity contribution in [2.45, 2.75) is 61.3 Å². The molecule has 0 aromatic rings. The minimum atomic E-state index is 1.14. The first-order chi connectivity index (χ1) is 6.35. The summed E-state index contributed by atoms with van der Waals surface area (Å²) in [5.41, 5.74) is 1.43. The molecule has 0 aliphatic rings. The van der Waals surface area contributed by atoms with E-state index in [-0.39, 0.29) is 0 Å². The van der Waals surface area contributed by atoms with Gasteiger partial charge in [0.15, 0.2) is 0 Å². The van der Waals surface area contributed by atoms with E-state index < -0.39 is 0 Å². The van der Waals surface area contributed by atoms with Gasteiger partial charge in [-0.05, 0) is 19.8 Å². The molecule has 0 bridgehead atoms. The zero-order valence-corrected chi connectivity index (χ0v) is 10.6. The van der Waals surface area contributed by atoms with E-state index in [1.807, 2.05) is 27.7 Å². The third kappa shape index (κ3) is 18.4. The van der Waals surface area contributed by atoms with Crippen molar-refractivity contribution in [3.63, 3.8) is 0 Å². The predicted molar refractivity (Wildman–Crippen MR) is 66.2 cm³/mol. The Morgan fingerprint density at radius 2 is 1.46 bits per heavy atom. The highest BCUT2D eigenvalue weighted by Crippen LogP contribution is 2.01. The predicted octanol–water partition coefficient (Wildman–Crippen LogP) is 5.36. The lowest BCUT2D eigenvalue weighted by atomic mass is 10.2. The van der Waals surface area contributed by atoms with Crippen molar-refractivity contribution in [2.75, 3.05) is 0 Å². The Balaban J connectivity index is -0.000000218. The van der Waals surface area contributed by atoms with E-state index in [0.29, 0.717) is 0 Å². The van der Waals surface area contributed by atoms with E-state index in [1.54, 1.807) is 0 Å². The first kappa shape index (κ1) is 18.3. The van der Waals surface area contributed by atoms with Gasteiger partial charge in [0.2, 0.25) is 0 Å². The van der Waals surface area contributed by atoms with Crippen LogP contribution in [-0.2, 0) is 0 Å². The average Bonchev–Trinajstić information content (AvgIpc) is 2.25. The molecular formula is C13H28. The molecule has 0 aliphatic heterocycles. The molecule has 80 valence electrons. The Hall–Kier alpha value is -0.520. The zero-order chi connectivity index (χ0) is 11.1. The molecule has 0 heterocycles. The molecule has 0 rings (SSSR count). The Morgan fingerprint density at radius 1 is 1.00 bits per heavy atom. The highest BCUT2D eigenvalue weighted by Gasteiger charge is 1.80. The molecule has 0 N–H and O–H groups in total. The van der Waals surface area contributed by atoms with E-state index in [1.165, 1.54) is 5.57 Å². The summed E-state index contributed by atoms with van der Waals surface area (Å²) in [4.78, 5) is 0. The lowest BCUT2D eigenvalue weighted by molar-refractivity contribution is 1.13. The van der Waals surface area contributed by atoms with Gasteiger partial charge in [0, 0.05) is 0 Å². The monoisotopic (exact) mass is 184 g/mol. The number of hydrogen-bond acceptors (Lipinski definition) is 0. The molecule has 0 amide bonds. The van der Waals surface area contributed by atoms with E-state index in [2.05, 4.69) is 39.0 Å². The van der Waals surface area contributed by atoms with Crippen LogP contribution in [0.2, 0.25) is 0 Å². The Labute approximate surface area is 85.8 Å². The zero-order valence-electron chi connectivity index (χ0n) is 10.6. The molecule has 0 atom stereocenters. The highest BCUT2D eigenvalue weighted by atomic mass is 13.9. The van der Waals surface area contributed by atoms with Crippen LogP contribution in [0.15, 0.2) is 23.8 Å². The summed E-state index contributed by atoms with van der Waals surface area (Å²) in [7, 11) is 0. The van der Waals surface area contributed by atoms with Crippen LogP contribution in [0.4, 0.5) is 0 Å². The van der Waals surface area contributed by atoms with Gasteiger partial charge in [-0.1, -0.05) is 65.3 Å². The van der Waals surface area contributed by atoms with Gasteiger partial charge in [-0.25, -0.2) is 0 Å². The second-order valence-corrected chi connectivity index (χ2v) is 2.03. The largest absolute Gasteiger partial charge is 0.0845 e. The van der Waals surface area contributed by atoms with Gasteiger partial charge >= 0.3 is 0 Å². The van der Waals surface area contributed by atoms with Crippen LogP contribution in [0, 0.1) is 0 Å². The molecule has 0 saturated heterocycles. The Bertz CT molecular complexity index is 107. The van der Waals surface area contributed by atoms with Crippen molar-refractivity contribution in [1.82, 2.24) is 0 Å². The molecule has 0 aromatic carbocycles. The minimum absolute atomic E-state index is 1.14. The quantitative estimate of drug-likeness (QED) is 0.518. The van der Waals surface area contributed by atoms with Crippen LogP contribution in [0.3, 0.4) is 0 Å². The van der Waals surface area contributed by atoms with Crippen molar-refractivity contribution in [3.05, 3.63) is 23.8 Å². The van der Waals surface area contributed by atoms with Crippen LogP contribution in [-0.4, -0.2) is 0 Å². The first-order valence-electron chi connectivity index (χ1n) is 5.66. The molecule has 0 aromatic heterocycles. The molecule has 0 heteroatoms. The van der Waals surface area contributed by atoms with Gasteiger partial charge in [-0.3, -0.25) is 0 Å². The molecule has 0 aliphatic carbocycles. The maximum absolute atomic E-state index is 2.19. The van der Waals surface area contributed by atoms with Gasteiger partial charge in [-0.15, -0.1) is 0 Å². The number of rotatable bonds is 3. The Morgan fingerprint density at radius 3 is 1.69 bits per heavy atom. The third-order valence-electron chi connectivity index (χ3n) is 1.35. The van der Waals surface area contributed by atoms with E-state index in [4.69, 9.17) is 0 Å². The summed E-state index contributed by atoms with van der Waals surface area (Å²) in [6, 6.07) is 0.